The number of pyridine rings is 1. The first-order valence-corrected chi connectivity index (χ1v) is 9.89. The van der Waals surface area contributed by atoms with Gasteiger partial charge in [0.15, 0.2) is 0 Å². The van der Waals surface area contributed by atoms with Gasteiger partial charge in [0.05, 0.1) is 19.6 Å². The van der Waals surface area contributed by atoms with E-state index in [0.717, 1.165) is 53.1 Å². The first kappa shape index (κ1) is 19.2. The molecule has 1 aliphatic rings. The van der Waals surface area contributed by atoms with E-state index in [1.54, 1.807) is 14.2 Å². The van der Waals surface area contributed by atoms with Crippen LogP contribution < -0.4 is 9.47 Å². The Balaban J connectivity index is 1.47. The van der Waals surface area contributed by atoms with E-state index in [2.05, 4.69) is 11.1 Å². The molecule has 4 heteroatoms. The van der Waals surface area contributed by atoms with Crippen LogP contribution >= 0.6 is 0 Å². The maximum Gasteiger partial charge on any atom is 0.149 e. The molecule has 4 rings (SSSR count). The van der Waals surface area contributed by atoms with Crippen molar-refractivity contribution in [3.05, 3.63) is 89.2 Å². The summed E-state index contributed by atoms with van der Waals surface area (Å²) in [5, 5.41) is 0. The minimum atomic E-state index is -0.412. The first-order valence-electron chi connectivity index (χ1n) is 9.89. The number of hydrogen-bond donors (Lipinski definition) is 0. The van der Waals surface area contributed by atoms with Crippen LogP contribution in [0.25, 0.3) is 0 Å². The molecule has 0 spiro atoms. The Morgan fingerprint density at radius 2 is 1.62 bits per heavy atom. The molecule has 1 fully saturated rings. The quantitative estimate of drug-likeness (QED) is 0.570. The van der Waals surface area contributed by atoms with E-state index in [-0.39, 0.29) is 5.78 Å². The fourth-order valence-corrected chi connectivity index (χ4v) is 3.93. The number of carbonyl (C=O) groups excluding carboxylic acids is 1. The standard InChI is InChI=1S/C25H25NO3/c1-28-22-9-5-3-7-19(22)15-18-11-12-20(26-17-18)16-24(27)25(13-14-25)21-8-4-6-10-23(21)29-2/h3-12,17H,13-16H2,1-2H3. The van der Waals surface area contributed by atoms with Gasteiger partial charge in [-0.1, -0.05) is 42.5 Å². The second-order valence-corrected chi connectivity index (χ2v) is 7.53. The largest absolute Gasteiger partial charge is 0.496 e. The Labute approximate surface area is 171 Å². The highest BCUT2D eigenvalue weighted by Gasteiger charge is 2.52. The number of nitrogens with zero attached hydrogens (tertiary/aromatic N) is 1. The molecule has 0 bridgehead atoms. The lowest BCUT2D eigenvalue weighted by atomic mass is 9.88. The Bertz CT molecular complexity index is 1010. The third-order valence-corrected chi connectivity index (χ3v) is 5.72. The normalized spacial score (nSPS) is 14.3. The molecule has 0 radical (unpaired) electrons. The Morgan fingerprint density at radius 3 is 2.28 bits per heavy atom. The van der Waals surface area contributed by atoms with Gasteiger partial charge in [0.1, 0.15) is 17.3 Å². The topological polar surface area (TPSA) is 48.4 Å². The van der Waals surface area contributed by atoms with Gasteiger partial charge in [-0.15, -0.1) is 0 Å². The molecule has 2 aromatic carbocycles. The summed E-state index contributed by atoms with van der Waals surface area (Å²) in [7, 11) is 3.34. The highest BCUT2D eigenvalue weighted by molar-refractivity contribution is 5.95. The summed E-state index contributed by atoms with van der Waals surface area (Å²) >= 11 is 0. The second-order valence-electron chi connectivity index (χ2n) is 7.53. The second kappa shape index (κ2) is 8.08. The van der Waals surface area contributed by atoms with Crippen LogP contribution in [-0.2, 0) is 23.1 Å². The zero-order valence-corrected chi connectivity index (χ0v) is 16.9. The summed E-state index contributed by atoms with van der Waals surface area (Å²) < 4.78 is 10.9. The molecule has 0 unspecified atom stereocenters. The number of carbonyl (C=O) groups is 1. The summed E-state index contributed by atoms with van der Waals surface area (Å²) in [6.45, 7) is 0. The van der Waals surface area contributed by atoms with Gasteiger partial charge in [0.2, 0.25) is 0 Å². The number of benzene rings is 2. The summed E-state index contributed by atoms with van der Waals surface area (Å²) in [6.07, 6.45) is 4.69. The van der Waals surface area contributed by atoms with Gasteiger partial charge in [0.25, 0.3) is 0 Å². The molecule has 148 valence electrons. The van der Waals surface area contributed by atoms with Crippen LogP contribution in [0.1, 0.15) is 35.2 Å². The molecule has 1 heterocycles. The molecule has 0 atom stereocenters. The first-order chi connectivity index (χ1) is 14.2. The average molecular weight is 387 g/mol. The number of aromatic nitrogens is 1. The van der Waals surface area contributed by atoms with Gasteiger partial charge in [-0.25, -0.2) is 0 Å². The van der Waals surface area contributed by atoms with Crippen LogP contribution in [0.5, 0.6) is 11.5 Å². The number of Topliss-reactive ketones (excluding diaryl/α,β-unsaturated/α-hetero) is 1. The van der Waals surface area contributed by atoms with E-state index in [4.69, 9.17) is 9.47 Å². The summed E-state index contributed by atoms with van der Waals surface area (Å²) in [5.41, 5.74) is 3.61. The predicted octanol–water partition coefficient (Wildman–Crippen LogP) is 4.53. The molecule has 1 aromatic heterocycles. The maximum atomic E-state index is 13.1. The van der Waals surface area contributed by atoms with Crippen molar-refractivity contribution in [1.82, 2.24) is 4.98 Å². The van der Waals surface area contributed by atoms with Gasteiger partial charge < -0.3 is 9.47 Å². The van der Waals surface area contributed by atoms with Crippen LogP contribution in [0.3, 0.4) is 0 Å². The van der Waals surface area contributed by atoms with Crippen molar-refractivity contribution in [2.75, 3.05) is 14.2 Å². The molecule has 1 aliphatic carbocycles. The summed E-state index contributed by atoms with van der Waals surface area (Å²) in [4.78, 5) is 17.7. The molecular weight excluding hydrogens is 362 g/mol. The number of ether oxygens (including phenoxy) is 2. The third-order valence-electron chi connectivity index (χ3n) is 5.72. The SMILES string of the molecule is COc1ccccc1Cc1ccc(CC(=O)C2(c3ccccc3OC)CC2)nc1. The average Bonchev–Trinajstić information content (AvgIpc) is 3.57. The van der Waals surface area contributed by atoms with E-state index in [1.165, 1.54) is 0 Å². The molecule has 29 heavy (non-hydrogen) atoms. The lowest BCUT2D eigenvalue weighted by Gasteiger charge is -2.17. The molecular formula is C25H25NO3. The van der Waals surface area contributed by atoms with Crippen molar-refractivity contribution in [3.8, 4) is 11.5 Å². The minimum Gasteiger partial charge on any atom is -0.496 e. The molecule has 1 saturated carbocycles. The minimum absolute atomic E-state index is 0.215. The summed E-state index contributed by atoms with van der Waals surface area (Å²) in [5.74, 6) is 1.88. The molecule has 0 amide bonds. The number of hydrogen-bond acceptors (Lipinski definition) is 4. The molecule has 4 nitrogen and oxygen atoms in total. The highest BCUT2D eigenvalue weighted by atomic mass is 16.5. The van der Waals surface area contributed by atoms with Crippen molar-refractivity contribution in [1.29, 1.82) is 0 Å². The van der Waals surface area contributed by atoms with Crippen molar-refractivity contribution in [3.63, 3.8) is 0 Å². The van der Waals surface area contributed by atoms with E-state index in [1.807, 2.05) is 60.8 Å². The van der Waals surface area contributed by atoms with E-state index in [0.29, 0.717) is 6.42 Å². The highest BCUT2D eigenvalue weighted by Crippen LogP contribution is 2.52. The van der Waals surface area contributed by atoms with Crippen molar-refractivity contribution in [2.24, 2.45) is 0 Å². The predicted molar refractivity (Wildman–Crippen MR) is 113 cm³/mol. The Hall–Kier alpha value is -3.14. The van der Waals surface area contributed by atoms with Crippen molar-refractivity contribution >= 4 is 5.78 Å². The number of ketones is 1. The number of para-hydroxylation sites is 2. The summed E-state index contributed by atoms with van der Waals surface area (Å²) in [6, 6.07) is 19.8. The molecule has 0 saturated heterocycles. The van der Waals surface area contributed by atoms with Gasteiger partial charge in [-0.2, -0.15) is 0 Å². The molecule has 0 N–H and O–H groups in total. The zero-order chi connectivity index (χ0) is 20.3. The fraction of sp³-hybridized carbons (Fsp3) is 0.280. The fourth-order valence-electron chi connectivity index (χ4n) is 3.93. The lowest BCUT2D eigenvalue weighted by Crippen LogP contribution is -2.23. The van der Waals surface area contributed by atoms with Crippen molar-refractivity contribution in [2.45, 2.75) is 31.1 Å². The van der Waals surface area contributed by atoms with Gasteiger partial charge in [-0.3, -0.25) is 9.78 Å². The van der Waals surface area contributed by atoms with Gasteiger partial charge >= 0.3 is 0 Å². The third kappa shape index (κ3) is 3.88. The van der Waals surface area contributed by atoms with Crippen LogP contribution in [0.4, 0.5) is 0 Å². The smallest absolute Gasteiger partial charge is 0.149 e. The molecule has 0 aliphatic heterocycles. The zero-order valence-electron chi connectivity index (χ0n) is 16.9. The van der Waals surface area contributed by atoms with E-state index in [9.17, 15) is 4.79 Å². The number of methoxy groups -OCH3 is 2. The van der Waals surface area contributed by atoms with Crippen LogP contribution in [0.15, 0.2) is 66.9 Å². The van der Waals surface area contributed by atoms with E-state index >= 15 is 0 Å². The van der Waals surface area contributed by atoms with Gasteiger partial charge in [0, 0.05) is 30.3 Å². The van der Waals surface area contributed by atoms with E-state index < -0.39 is 5.41 Å². The lowest BCUT2D eigenvalue weighted by molar-refractivity contribution is -0.120. The van der Waals surface area contributed by atoms with Crippen LogP contribution in [0, 0.1) is 0 Å². The van der Waals surface area contributed by atoms with Crippen molar-refractivity contribution < 1.29 is 14.3 Å². The maximum absolute atomic E-state index is 13.1. The van der Waals surface area contributed by atoms with Crippen LogP contribution in [0.2, 0.25) is 0 Å². The monoisotopic (exact) mass is 387 g/mol. The Kier molecular flexibility index (Phi) is 5.34. The van der Waals surface area contributed by atoms with Crippen LogP contribution in [-0.4, -0.2) is 25.0 Å². The van der Waals surface area contributed by atoms with Gasteiger partial charge in [-0.05, 0) is 42.2 Å². The Morgan fingerprint density at radius 1 is 0.931 bits per heavy atom. The number of rotatable bonds is 8. The molecule has 3 aromatic rings.